The highest BCUT2D eigenvalue weighted by atomic mass is 16.2. The van der Waals surface area contributed by atoms with Crippen LogP contribution in [0.4, 0.5) is 0 Å². The zero-order chi connectivity index (χ0) is 14.7. The summed E-state index contributed by atoms with van der Waals surface area (Å²) in [6.45, 7) is 1.40. The van der Waals surface area contributed by atoms with E-state index < -0.39 is 0 Å². The minimum atomic E-state index is -0.219. The number of benzene rings is 1. The molecule has 0 unspecified atom stereocenters. The van der Waals surface area contributed by atoms with E-state index in [9.17, 15) is 9.59 Å². The fourth-order valence-electron chi connectivity index (χ4n) is 2.89. The minimum Gasteiger partial charge on any atom is -0.367 e. The topological polar surface area (TPSA) is 53.2 Å². The number of piperidine rings is 1. The average molecular weight is 282 g/mol. The van der Waals surface area contributed by atoms with Gasteiger partial charge in [0.15, 0.2) is 5.43 Å². The standard InChI is InChI=1S/C17H18N2O2/c20-16-6-9-18-12-15(16)17(21)19-10-7-14(8-11-19)13-4-2-1-3-5-13/h1-6,9,12,14H,7-8,10-11H2,(H,18,20). The van der Waals surface area contributed by atoms with Gasteiger partial charge >= 0.3 is 0 Å². The van der Waals surface area contributed by atoms with Crippen LogP contribution in [0, 0.1) is 0 Å². The van der Waals surface area contributed by atoms with Crippen LogP contribution in [0.15, 0.2) is 53.6 Å². The molecule has 0 bridgehead atoms. The van der Waals surface area contributed by atoms with Crippen LogP contribution in [0.1, 0.15) is 34.7 Å². The Hall–Kier alpha value is -2.36. The normalized spacial score (nSPS) is 15.9. The van der Waals surface area contributed by atoms with Gasteiger partial charge in [0.05, 0.1) is 0 Å². The first-order valence-corrected chi connectivity index (χ1v) is 7.27. The van der Waals surface area contributed by atoms with Crippen molar-refractivity contribution < 1.29 is 4.79 Å². The molecule has 4 heteroatoms. The summed E-state index contributed by atoms with van der Waals surface area (Å²) in [5, 5.41) is 0. The lowest BCUT2D eigenvalue weighted by molar-refractivity contribution is 0.0711. The summed E-state index contributed by atoms with van der Waals surface area (Å²) in [4.78, 5) is 28.7. The maximum atomic E-state index is 12.4. The molecule has 1 aromatic carbocycles. The van der Waals surface area contributed by atoms with E-state index in [1.165, 1.54) is 17.8 Å². The number of pyridine rings is 1. The van der Waals surface area contributed by atoms with E-state index in [1.54, 1.807) is 11.1 Å². The number of aromatic amines is 1. The summed E-state index contributed by atoms with van der Waals surface area (Å²) in [5.74, 6) is 0.340. The maximum absolute atomic E-state index is 12.4. The Balaban J connectivity index is 1.68. The fourth-order valence-corrected chi connectivity index (χ4v) is 2.89. The third kappa shape index (κ3) is 2.89. The van der Waals surface area contributed by atoms with Gasteiger partial charge in [-0.1, -0.05) is 30.3 Å². The van der Waals surface area contributed by atoms with Gasteiger partial charge < -0.3 is 9.88 Å². The molecular weight excluding hydrogens is 264 g/mol. The van der Waals surface area contributed by atoms with Gasteiger partial charge in [0, 0.05) is 31.5 Å². The molecule has 1 fully saturated rings. The summed E-state index contributed by atoms with van der Waals surface area (Å²) in [6, 6.07) is 11.8. The van der Waals surface area contributed by atoms with Gasteiger partial charge in [-0.3, -0.25) is 9.59 Å². The quantitative estimate of drug-likeness (QED) is 0.919. The Morgan fingerprint density at radius 1 is 1.10 bits per heavy atom. The van der Waals surface area contributed by atoms with E-state index in [2.05, 4.69) is 29.2 Å². The van der Waals surface area contributed by atoms with E-state index in [-0.39, 0.29) is 16.9 Å². The molecule has 0 saturated carbocycles. The predicted molar refractivity (Wildman–Crippen MR) is 81.4 cm³/mol. The molecule has 0 atom stereocenters. The predicted octanol–water partition coefficient (Wildman–Crippen LogP) is 2.39. The van der Waals surface area contributed by atoms with Crippen LogP contribution in [0.3, 0.4) is 0 Å². The summed E-state index contributed by atoms with van der Waals surface area (Å²) in [7, 11) is 0. The van der Waals surface area contributed by atoms with E-state index in [1.807, 2.05) is 6.07 Å². The van der Waals surface area contributed by atoms with Crippen molar-refractivity contribution in [3.05, 3.63) is 70.1 Å². The van der Waals surface area contributed by atoms with E-state index in [4.69, 9.17) is 0 Å². The number of rotatable bonds is 2. The second-order valence-electron chi connectivity index (χ2n) is 5.40. The van der Waals surface area contributed by atoms with Crippen LogP contribution in [0.2, 0.25) is 0 Å². The lowest BCUT2D eigenvalue weighted by Crippen LogP contribution is -2.39. The summed E-state index contributed by atoms with van der Waals surface area (Å²) in [5.41, 5.74) is 1.35. The van der Waals surface area contributed by atoms with Crippen LogP contribution >= 0.6 is 0 Å². The molecule has 0 spiro atoms. The molecule has 4 nitrogen and oxygen atoms in total. The number of aromatic nitrogens is 1. The number of carbonyl (C=O) groups excluding carboxylic acids is 1. The van der Waals surface area contributed by atoms with Crippen molar-refractivity contribution in [2.75, 3.05) is 13.1 Å². The number of carbonyl (C=O) groups is 1. The molecule has 2 aromatic rings. The Morgan fingerprint density at radius 2 is 1.81 bits per heavy atom. The average Bonchev–Trinajstić information content (AvgIpc) is 2.56. The first-order chi connectivity index (χ1) is 10.3. The van der Waals surface area contributed by atoms with Gasteiger partial charge in [0.2, 0.25) is 0 Å². The van der Waals surface area contributed by atoms with Crippen molar-refractivity contribution in [2.45, 2.75) is 18.8 Å². The third-order valence-electron chi connectivity index (χ3n) is 4.11. The molecule has 0 radical (unpaired) electrons. The van der Waals surface area contributed by atoms with Gasteiger partial charge in [-0.15, -0.1) is 0 Å². The van der Waals surface area contributed by atoms with Gasteiger partial charge in [0.25, 0.3) is 5.91 Å². The minimum absolute atomic E-state index is 0.164. The fraction of sp³-hybridized carbons (Fsp3) is 0.294. The molecule has 1 N–H and O–H groups in total. The van der Waals surface area contributed by atoms with Crippen LogP contribution in [0.25, 0.3) is 0 Å². The molecule has 2 heterocycles. The van der Waals surface area contributed by atoms with Crippen molar-refractivity contribution in [1.29, 1.82) is 0 Å². The van der Waals surface area contributed by atoms with Crippen molar-refractivity contribution in [1.82, 2.24) is 9.88 Å². The molecular formula is C17H18N2O2. The summed E-state index contributed by atoms with van der Waals surface area (Å²) in [6.07, 6.45) is 4.93. The number of likely N-dealkylation sites (tertiary alicyclic amines) is 1. The molecule has 21 heavy (non-hydrogen) atoms. The zero-order valence-electron chi connectivity index (χ0n) is 11.8. The second kappa shape index (κ2) is 5.95. The monoisotopic (exact) mass is 282 g/mol. The highest BCUT2D eigenvalue weighted by molar-refractivity contribution is 5.93. The second-order valence-corrected chi connectivity index (χ2v) is 5.40. The van der Waals surface area contributed by atoms with Crippen LogP contribution < -0.4 is 5.43 Å². The number of amides is 1. The van der Waals surface area contributed by atoms with Gasteiger partial charge in [-0.2, -0.15) is 0 Å². The smallest absolute Gasteiger partial charge is 0.259 e. The summed E-state index contributed by atoms with van der Waals surface area (Å²) < 4.78 is 0. The van der Waals surface area contributed by atoms with Crippen molar-refractivity contribution in [3.8, 4) is 0 Å². The SMILES string of the molecule is O=C(c1c[nH]ccc1=O)N1CCC(c2ccccc2)CC1. The lowest BCUT2D eigenvalue weighted by atomic mass is 9.89. The number of nitrogens with one attached hydrogen (secondary N) is 1. The van der Waals surface area contributed by atoms with E-state index in [0.717, 1.165) is 12.8 Å². The summed E-state index contributed by atoms with van der Waals surface area (Å²) >= 11 is 0. The third-order valence-corrected chi connectivity index (χ3v) is 4.11. The lowest BCUT2D eigenvalue weighted by Gasteiger charge is -2.32. The van der Waals surface area contributed by atoms with Crippen molar-refractivity contribution in [2.24, 2.45) is 0 Å². The van der Waals surface area contributed by atoms with Crippen molar-refractivity contribution in [3.63, 3.8) is 0 Å². The molecule has 0 aliphatic carbocycles. The molecule has 3 rings (SSSR count). The van der Waals surface area contributed by atoms with Gasteiger partial charge in [-0.05, 0) is 24.3 Å². The highest BCUT2D eigenvalue weighted by Gasteiger charge is 2.25. The number of hydrogen-bond donors (Lipinski definition) is 1. The number of nitrogens with zero attached hydrogens (tertiary/aromatic N) is 1. The first-order valence-electron chi connectivity index (χ1n) is 7.27. The molecule has 108 valence electrons. The van der Waals surface area contributed by atoms with Gasteiger partial charge in [0.1, 0.15) is 5.56 Å². The molecule has 1 aliphatic heterocycles. The van der Waals surface area contributed by atoms with E-state index in [0.29, 0.717) is 19.0 Å². The first kappa shape index (κ1) is 13.6. The Kier molecular flexibility index (Phi) is 3.86. The van der Waals surface area contributed by atoms with E-state index >= 15 is 0 Å². The highest BCUT2D eigenvalue weighted by Crippen LogP contribution is 2.28. The molecule has 1 aromatic heterocycles. The molecule has 1 aliphatic rings. The van der Waals surface area contributed by atoms with Gasteiger partial charge in [-0.25, -0.2) is 0 Å². The largest absolute Gasteiger partial charge is 0.367 e. The van der Waals surface area contributed by atoms with Crippen LogP contribution in [-0.4, -0.2) is 28.9 Å². The number of H-pyrrole nitrogens is 1. The Morgan fingerprint density at radius 3 is 2.48 bits per heavy atom. The zero-order valence-corrected chi connectivity index (χ0v) is 11.8. The molecule has 1 saturated heterocycles. The Labute approximate surface area is 123 Å². The van der Waals surface area contributed by atoms with Crippen LogP contribution in [0.5, 0.6) is 0 Å². The maximum Gasteiger partial charge on any atom is 0.259 e. The number of hydrogen-bond acceptors (Lipinski definition) is 2. The van der Waals surface area contributed by atoms with Crippen molar-refractivity contribution >= 4 is 5.91 Å². The molecule has 1 amide bonds. The Bertz CT molecular complexity index is 670. The van der Waals surface area contributed by atoms with Crippen LogP contribution in [-0.2, 0) is 0 Å².